The first-order valence-corrected chi connectivity index (χ1v) is 6.30. The minimum atomic E-state index is 0.0174. The lowest BCUT2D eigenvalue weighted by molar-refractivity contribution is 0.607. The van der Waals surface area contributed by atoms with Crippen molar-refractivity contribution < 1.29 is 0 Å². The molecule has 0 amide bonds. The normalized spacial score (nSPS) is 13.0. The summed E-state index contributed by atoms with van der Waals surface area (Å²) in [5, 5.41) is 7.37. The van der Waals surface area contributed by atoms with Crippen LogP contribution in [0.25, 0.3) is 0 Å². The number of nitrogens with zero attached hydrogens (tertiary/aromatic N) is 2. The van der Waals surface area contributed by atoms with Crippen LogP contribution in [0.4, 0.5) is 0 Å². The molecule has 16 heavy (non-hydrogen) atoms. The Morgan fingerprint density at radius 2 is 2.25 bits per heavy atom. The van der Waals surface area contributed by atoms with E-state index in [9.17, 15) is 0 Å². The van der Waals surface area contributed by atoms with Gasteiger partial charge < -0.3 is 5.32 Å². The molecule has 2 aromatic rings. The van der Waals surface area contributed by atoms with Crippen molar-refractivity contribution in [2.24, 2.45) is 7.05 Å². The summed E-state index contributed by atoms with van der Waals surface area (Å²) in [6.07, 6.45) is 1.77. The van der Waals surface area contributed by atoms with Gasteiger partial charge in [0.1, 0.15) is 0 Å². The average Bonchev–Trinajstić information content (AvgIpc) is 2.77. The second-order valence-corrected chi connectivity index (χ2v) is 5.67. The molecule has 1 N–H and O–H groups in total. The van der Waals surface area contributed by atoms with E-state index in [1.807, 2.05) is 30.9 Å². The molecular formula is C10H11Cl2N3S. The zero-order valence-electron chi connectivity index (χ0n) is 8.87. The topological polar surface area (TPSA) is 29.9 Å². The fraction of sp³-hybridized carbons (Fsp3) is 0.300. The molecule has 0 aliphatic carbocycles. The van der Waals surface area contributed by atoms with Gasteiger partial charge in [-0.05, 0) is 19.2 Å². The molecule has 2 heterocycles. The number of hydrogen-bond acceptors (Lipinski definition) is 3. The molecule has 3 nitrogen and oxygen atoms in total. The molecule has 0 spiro atoms. The van der Waals surface area contributed by atoms with Crippen LogP contribution in [-0.2, 0) is 7.05 Å². The first-order valence-electron chi connectivity index (χ1n) is 4.73. The number of halogens is 2. The van der Waals surface area contributed by atoms with Crippen molar-refractivity contribution in [2.75, 3.05) is 7.05 Å². The highest BCUT2D eigenvalue weighted by Crippen LogP contribution is 2.37. The minimum absolute atomic E-state index is 0.0174. The van der Waals surface area contributed by atoms with Gasteiger partial charge in [-0.3, -0.25) is 4.68 Å². The summed E-state index contributed by atoms with van der Waals surface area (Å²) in [5.41, 5.74) is 2.04. The van der Waals surface area contributed by atoms with E-state index in [1.165, 1.54) is 11.3 Å². The lowest BCUT2D eigenvalue weighted by atomic mass is 10.1. The predicted molar refractivity (Wildman–Crippen MR) is 68.4 cm³/mol. The van der Waals surface area contributed by atoms with Crippen LogP contribution in [0.2, 0.25) is 8.67 Å². The Balaban J connectivity index is 2.44. The number of thiophene rings is 1. The lowest BCUT2D eigenvalue weighted by Gasteiger charge is -2.15. The third-order valence-electron chi connectivity index (χ3n) is 2.44. The maximum Gasteiger partial charge on any atom is 0.0996 e. The standard InChI is InChI=1S/C10H11Cl2N3S/c1-13-9(7-3-4-14-15(7)2)6-5-8(11)16-10(6)12/h3-5,9,13H,1-2H3. The number of rotatable bonds is 3. The lowest BCUT2D eigenvalue weighted by Crippen LogP contribution is -2.20. The first kappa shape index (κ1) is 11.9. The van der Waals surface area contributed by atoms with Crippen molar-refractivity contribution in [3.63, 3.8) is 0 Å². The largest absolute Gasteiger partial charge is 0.308 e. The highest BCUT2D eigenvalue weighted by Gasteiger charge is 2.20. The molecule has 0 radical (unpaired) electrons. The molecule has 0 aliphatic heterocycles. The molecule has 0 aliphatic rings. The number of nitrogens with one attached hydrogen (secondary N) is 1. The summed E-state index contributed by atoms with van der Waals surface area (Å²) < 4.78 is 3.23. The van der Waals surface area contributed by atoms with E-state index in [0.29, 0.717) is 8.67 Å². The van der Waals surface area contributed by atoms with Gasteiger partial charge in [0.25, 0.3) is 0 Å². The van der Waals surface area contributed by atoms with E-state index >= 15 is 0 Å². The van der Waals surface area contributed by atoms with Crippen molar-refractivity contribution >= 4 is 34.5 Å². The molecule has 0 saturated heterocycles. The van der Waals surface area contributed by atoms with E-state index in [-0.39, 0.29) is 6.04 Å². The molecule has 0 fully saturated rings. The number of aryl methyl sites for hydroxylation is 1. The van der Waals surface area contributed by atoms with Gasteiger partial charge in [0.2, 0.25) is 0 Å². The van der Waals surface area contributed by atoms with Gasteiger partial charge in [0.15, 0.2) is 0 Å². The van der Waals surface area contributed by atoms with Crippen LogP contribution in [0.5, 0.6) is 0 Å². The Hall–Kier alpha value is -0.550. The van der Waals surface area contributed by atoms with Gasteiger partial charge in [-0.2, -0.15) is 5.10 Å². The quantitative estimate of drug-likeness (QED) is 0.933. The SMILES string of the molecule is CNC(c1cc(Cl)sc1Cl)c1ccnn1C. The summed E-state index contributed by atoms with van der Waals surface area (Å²) in [4.78, 5) is 0. The summed E-state index contributed by atoms with van der Waals surface area (Å²) in [6.45, 7) is 0. The highest BCUT2D eigenvalue weighted by molar-refractivity contribution is 7.20. The first-order chi connectivity index (χ1) is 7.63. The van der Waals surface area contributed by atoms with Crippen LogP contribution in [-0.4, -0.2) is 16.8 Å². The van der Waals surface area contributed by atoms with Crippen molar-refractivity contribution in [3.05, 3.63) is 38.3 Å². The van der Waals surface area contributed by atoms with Crippen molar-refractivity contribution in [1.82, 2.24) is 15.1 Å². The Morgan fingerprint density at radius 1 is 1.50 bits per heavy atom. The molecule has 2 rings (SSSR count). The molecule has 2 aromatic heterocycles. The van der Waals surface area contributed by atoms with Gasteiger partial charge in [-0.1, -0.05) is 23.2 Å². The summed E-state index contributed by atoms with van der Waals surface area (Å²) >= 11 is 13.5. The van der Waals surface area contributed by atoms with Crippen molar-refractivity contribution in [2.45, 2.75) is 6.04 Å². The molecule has 0 bridgehead atoms. The van der Waals surface area contributed by atoms with Crippen LogP contribution >= 0.6 is 34.5 Å². The van der Waals surface area contributed by atoms with Gasteiger partial charge in [0, 0.05) is 18.8 Å². The fourth-order valence-electron chi connectivity index (χ4n) is 1.68. The van der Waals surface area contributed by atoms with Gasteiger partial charge in [-0.25, -0.2) is 0 Å². The molecule has 0 saturated carbocycles. The maximum atomic E-state index is 6.15. The van der Waals surface area contributed by atoms with E-state index in [1.54, 1.807) is 6.20 Å². The predicted octanol–water partition coefficient (Wildman–Crippen LogP) is 3.10. The van der Waals surface area contributed by atoms with Crippen LogP contribution in [0, 0.1) is 0 Å². The molecule has 1 atom stereocenters. The number of aromatic nitrogens is 2. The minimum Gasteiger partial charge on any atom is -0.308 e. The Kier molecular flexibility index (Phi) is 3.54. The fourth-order valence-corrected chi connectivity index (χ4v) is 3.21. The van der Waals surface area contributed by atoms with E-state index in [2.05, 4.69) is 10.4 Å². The van der Waals surface area contributed by atoms with Gasteiger partial charge in [0.05, 0.1) is 20.4 Å². The van der Waals surface area contributed by atoms with E-state index < -0.39 is 0 Å². The van der Waals surface area contributed by atoms with Gasteiger partial charge in [-0.15, -0.1) is 11.3 Å². The van der Waals surface area contributed by atoms with E-state index in [0.717, 1.165) is 11.3 Å². The zero-order chi connectivity index (χ0) is 11.7. The Bertz CT molecular complexity index is 492. The van der Waals surface area contributed by atoms with Crippen molar-refractivity contribution in [3.8, 4) is 0 Å². The monoisotopic (exact) mass is 275 g/mol. The second-order valence-electron chi connectivity index (χ2n) is 3.38. The van der Waals surface area contributed by atoms with Crippen molar-refractivity contribution in [1.29, 1.82) is 0 Å². The van der Waals surface area contributed by atoms with Crippen LogP contribution in [0.15, 0.2) is 18.3 Å². The number of hydrogen-bond donors (Lipinski definition) is 1. The summed E-state index contributed by atoms with van der Waals surface area (Å²) in [6, 6.07) is 3.87. The Morgan fingerprint density at radius 3 is 2.69 bits per heavy atom. The molecule has 86 valence electrons. The van der Waals surface area contributed by atoms with Gasteiger partial charge >= 0.3 is 0 Å². The van der Waals surface area contributed by atoms with Crippen LogP contribution < -0.4 is 5.32 Å². The van der Waals surface area contributed by atoms with Crippen LogP contribution in [0.3, 0.4) is 0 Å². The second kappa shape index (κ2) is 4.75. The van der Waals surface area contributed by atoms with Crippen LogP contribution in [0.1, 0.15) is 17.3 Å². The van der Waals surface area contributed by atoms with E-state index in [4.69, 9.17) is 23.2 Å². The smallest absolute Gasteiger partial charge is 0.0996 e. The highest BCUT2D eigenvalue weighted by atomic mass is 35.5. The molecule has 1 unspecified atom stereocenters. The zero-order valence-corrected chi connectivity index (χ0v) is 11.2. The third-order valence-corrected chi connectivity index (χ3v) is 3.96. The molecule has 6 heteroatoms. The molecular weight excluding hydrogens is 265 g/mol. The maximum absolute atomic E-state index is 6.15. The summed E-state index contributed by atoms with van der Waals surface area (Å²) in [5.74, 6) is 0. The third kappa shape index (κ3) is 2.11. The Labute approximate surface area is 108 Å². The molecule has 0 aromatic carbocycles. The summed E-state index contributed by atoms with van der Waals surface area (Å²) in [7, 11) is 3.79. The average molecular weight is 276 g/mol.